The predicted molar refractivity (Wildman–Crippen MR) is 103 cm³/mol. The maximum atomic E-state index is 11.2. The average Bonchev–Trinajstić information content (AvgIpc) is 3.27. The van der Waals surface area contributed by atoms with Crippen molar-refractivity contribution in [1.82, 2.24) is 14.8 Å². The number of aromatic carboxylic acids is 1. The zero-order valence-electron chi connectivity index (χ0n) is 14.3. The Morgan fingerprint density at radius 1 is 1.07 bits per heavy atom. The van der Waals surface area contributed by atoms with Crippen molar-refractivity contribution in [2.75, 3.05) is 0 Å². The summed E-state index contributed by atoms with van der Waals surface area (Å²) in [6.07, 6.45) is 0. The van der Waals surface area contributed by atoms with Crippen LogP contribution in [-0.4, -0.2) is 30.9 Å². The molecule has 2 aromatic carbocycles. The van der Waals surface area contributed by atoms with Crippen molar-refractivity contribution in [3.05, 3.63) is 71.2 Å². The van der Waals surface area contributed by atoms with Gasteiger partial charge in [-0.15, -0.1) is 11.3 Å². The Balaban J connectivity index is 1.96. The van der Waals surface area contributed by atoms with E-state index in [1.54, 1.807) is 22.9 Å². The van der Waals surface area contributed by atoms with Gasteiger partial charge in [-0.1, -0.05) is 42.5 Å². The van der Waals surface area contributed by atoms with Gasteiger partial charge in [0.15, 0.2) is 5.69 Å². The van der Waals surface area contributed by atoms with E-state index in [1.807, 2.05) is 43.3 Å². The van der Waals surface area contributed by atoms with Gasteiger partial charge in [0.1, 0.15) is 5.75 Å². The number of hydrogen-bond donors (Lipinski definition) is 2. The molecule has 0 atom stereocenters. The molecule has 2 heterocycles. The van der Waals surface area contributed by atoms with E-state index in [0.29, 0.717) is 10.8 Å². The fourth-order valence-electron chi connectivity index (χ4n) is 2.96. The second-order valence-electron chi connectivity index (χ2n) is 5.97. The summed E-state index contributed by atoms with van der Waals surface area (Å²) in [5.41, 5.74) is 4.16. The van der Waals surface area contributed by atoms with Crippen LogP contribution in [0.25, 0.3) is 27.6 Å². The van der Waals surface area contributed by atoms with Gasteiger partial charge in [0, 0.05) is 22.1 Å². The highest BCUT2D eigenvalue weighted by atomic mass is 32.1. The van der Waals surface area contributed by atoms with Crippen LogP contribution in [0.4, 0.5) is 0 Å². The molecule has 0 unspecified atom stereocenters. The van der Waals surface area contributed by atoms with Gasteiger partial charge < -0.3 is 10.2 Å². The predicted octanol–water partition coefficient (Wildman–Crippen LogP) is 4.38. The lowest BCUT2D eigenvalue weighted by Crippen LogP contribution is -2.02. The number of carboxylic acid groups (broad SMARTS) is 1. The molecule has 0 aliphatic heterocycles. The summed E-state index contributed by atoms with van der Waals surface area (Å²) >= 11 is 1.22. The number of aromatic hydroxyl groups is 1. The number of phenolic OH excluding ortho intramolecular Hbond substituents is 1. The fourth-order valence-corrected chi connectivity index (χ4v) is 3.71. The molecule has 134 valence electrons. The summed E-state index contributed by atoms with van der Waals surface area (Å²) < 4.78 is 1.67. The fraction of sp³-hybridized carbons (Fsp3) is 0.0500. The standard InChI is InChI=1S/C20H15N3O3S/c1-12-17(14-8-5-9-15(24)10-14)22-23(18(12)13-6-3-2-4-7-13)20-21-16(11-27-20)19(25)26/h2-11,24H,1H3,(H,25,26). The summed E-state index contributed by atoms with van der Waals surface area (Å²) in [6.45, 7) is 1.96. The number of rotatable bonds is 4. The molecule has 0 amide bonds. The van der Waals surface area contributed by atoms with Crippen LogP contribution in [0.15, 0.2) is 60.0 Å². The minimum atomic E-state index is -1.07. The van der Waals surface area contributed by atoms with E-state index >= 15 is 0 Å². The van der Waals surface area contributed by atoms with Crippen LogP contribution in [0, 0.1) is 6.92 Å². The molecule has 2 aromatic heterocycles. The highest BCUT2D eigenvalue weighted by Crippen LogP contribution is 2.35. The molecule has 27 heavy (non-hydrogen) atoms. The summed E-state index contributed by atoms with van der Waals surface area (Å²) in [5, 5.41) is 25.7. The van der Waals surface area contributed by atoms with Crippen LogP contribution in [-0.2, 0) is 0 Å². The minimum Gasteiger partial charge on any atom is -0.508 e. The zero-order valence-corrected chi connectivity index (χ0v) is 15.1. The Labute approximate surface area is 159 Å². The van der Waals surface area contributed by atoms with Gasteiger partial charge in [-0.3, -0.25) is 0 Å². The molecule has 0 saturated heterocycles. The van der Waals surface area contributed by atoms with Crippen molar-refractivity contribution >= 4 is 17.3 Å². The molecule has 0 fully saturated rings. The third-order valence-electron chi connectivity index (χ3n) is 4.18. The highest BCUT2D eigenvalue weighted by molar-refractivity contribution is 7.12. The Hall–Kier alpha value is -3.45. The molecule has 6 nitrogen and oxygen atoms in total. The van der Waals surface area contributed by atoms with Crippen LogP contribution >= 0.6 is 11.3 Å². The second kappa shape index (κ2) is 6.69. The molecule has 4 rings (SSSR count). The first-order valence-electron chi connectivity index (χ1n) is 8.18. The number of carboxylic acids is 1. The number of benzene rings is 2. The molecule has 0 aliphatic rings. The summed E-state index contributed by atoms with van der Waals surface area (Å²) in [6, 6.07) is 16.6. The molecule has 4 aromatic rings. The van der Waals surface area contributed by atoms with Crippen LogP contribution < -0.4 is 0 Å². The van der Waals surface area contributed by atoms with Crippen molar-refractivity contribution < 1.29 is 15.0 Å². The summed E-state index contributed by atoms with van der Waals surface area (Å²) in [5.74, 6) is -0.916. The molecule has 0 radical (unpaired) electrons. The van der Waals surface area contributed by atoms with Gasteiger partial charge in [-0.2, -0.15) is 5.10 Å². The minimum absolute atomic E-state index is 0.0129. The number of thiazole rings is 1. The monoisotopic (exact) mass is 377 g/mol. The van der Waals surface area contributed by atoms with Crippen molar-refractivity contribution in [2.45, 2.75) is 6.92 Å². The molecule has 0 aliphatic carbocycles. The molecular weight excluding hydrogens is 362 g/mol. The molecule has 7 heteroatoms. The first-order chi connectivity index (χ1) is 13.0. The largest absolute Gasteiger partial charge is 0.508 e. The van der Waals surface area contributed by atoms with Crippen LogP contribution in [0.3, 0.4) is 0 Å². The van der Waals surface area contributed by atoms with Crippen molar-refractivity contribution in [3.8, 4) is 33.4 Å². The molecule has 0 bridgehead atoms. The maximum Gasteiger partial charge on any atom is 0.355 e. The average molecular weight is 377 g/mol. The maximum absolute atomic E-state index is 11.2. The first-order valence-corrected chi connectivity index (χ1v) is 9.06. The molecule has 0 saturated carbocycles. The van der Waals surface area contributed by atoms with E-state index in [9.17, 15) is 15.0 Å². The van der Waals surface area contributed by atoms with E-state index in [0.717, 1.165) is 22.4 Å². The number of nitrogens with zero attached hydrogens (tertiary/aromatic N) is 3. The smallest absolute Gasteiger partial charge is 0.355 e. The number of phenols is 1. The quantitative estimate of drug-likeness (QED) is 0.551. The number of aromatic nitrogens is 3. The van der Waals surface area contributed by atoms with E-state index in [1.165, 1.54) is 16.7 Å². The third kappa shape index (κ3) is 3.09. The lowest BCUT2D eigenvalue weighted by atomic mass is 10.0. The van der Waals surface area contributed by atoms with Gasteiger partial charge in [0.2, 0.25) is 5.13 Å². The van der Waals surface area contributed by atoms with E-state index in [-0.39, 0.29) is 11.4 Å². The lowest BCUT2D eigenvalue weighted by Gasteiger charge is -2.05. The van der Waals surface area contributed by atoms with Crippen molar-refractivity contribution in [1.29, 1.82) is 0 Å². The Bertz CT molecular complexity index is 1130. The third-order valence-corrected chi connectivity index (χ3v) is 5.00. The van der Waals surface area contributed by atoms with E-state index in [4.69, 9.17) is 5.10 Å². The first kappa shape index (κ1) is 17.0. The topological polar surface area (TPSA) is 88.2 Å². The van der Waals surface area contributed by atoms with Crippen molar-refractivity contribution in [2.24, 2.45) is 0 Å². The van der Waals surface area contributed by atoms with E-state index < -0.39 is 5.97 Å². The Morgan fingerprint density at radius 2 is 1.81 bits per heavy atom. The molecular formula is C20H15N3O3S. The van der Waals surface area contributed by atoms with Crippen molar-refractivity contribution in [3.63, 3.8) is 0 Å². The zero-order chi connectivity index (χ0) is 19.0. The van der Waals surface area contributed by atoms with E-state index in [2.05, 4.69) is 4.98 Å². The van der Waals surface area contributed by atoms with Gasteiger partial charge in [-0.05, 0) is 19.1 Å². The summed E-state index contributed by atoms with van der Waals surface area (Å²) in [7, 11) is 0. The van der Waals surface area contributed by atoms with Gasteiger partial charge in [0.05, 0.1) is 11.4 Å². The van der Waals surface area contributed by atoms with Crippen LogP contribution in [0.5, 0.6) is 5.75 Å². The van der Waals surface area contributed by atoms with Crippen LogP contribution in [0.2, 0.25) is 0 Å². The van der Waals surface area contributed by atoms with Crippen LogP contribution in [0.1, 0.15) is 16.1 Å². The lowest BCUT2D eigenvalue weighted by molar-refractivity contribution is 0.0691. The van der Waals surface area contributed by atoms with Gasteiger partial charge in [-0.25, -0.2) is 14.5 Å². The highest BCUT2D eigenvalue weighted by Gasteiger charge is 2.21. The second-order valence-corrected chi connectivity index (χ2v) is 6.81. The Kier molecular flexibility index (Phi) is 4.21. The molecule has 2 N–H and O–H groups in total. The van der Waals surface area contributed by atoms with Gasteiger partial charge >= 0.3 is 5.97 Å². The molecule has 0 spiro atoms. The Morgan fingerprint density at radius 3 is 2.48 bits per heavy atom. The number of carbonyl (C=O) groups is 1. The number of hydrogen-bond acceptors (Lipinski definition) is 5. The normalized spacial score (nSPS) is 10.9. The SMILES string of the molecule is Cc1c(-c2cccc(O)c2)nn(-c2nc(C(=O)O)cs2)c1-c1ccccc1. The summed E-state index contributed by atoms with van der Waals surface area (Å²) in [4.78, 5) is 15.4. The van der Waals surface area contributed by atoms with Gasteiger partial charge in [0.25, 0.3) is 0 Å².